The van der Waals surface area contributed by atoms with E-state index in [-0.39, 0.29) is 5.91 Å². The average molecular weight is 342 g/mol. The second-order valence-electron chi connectivity index (χ2n) is 7.09. The summed E-state index contributed by atoms with van der Waals surface area (Å²) >= 11 is 0. The largest absolute Gasteiger partial charge is 0.488 e. The summed E-state index contributed by atoms with van der Waals surface area (Å²) in [5.41, 5.74) is 1.75. The van der Waals surface area contributed by atoms with E-state index in [2.05, 4.69) is 11.8 Å². The zero-order valence-electron chi connectivity index (χ0n) is 14.8. The Kier molecular flexibility index (Phi) is 4.77. The molecule has 134 valence electrons. The van der Waals surface area contributed by atoms with E-state index in [1.54, 1.807) is 0 Å². The number of carbonyl (C=O) groups excluding carboxylic acids is 1. The van der Waals surface area contributed by atoms with Gasteiger partial charge >= 0.3 is 0 Å². The van der Waals surface area contributed by atoms with Crippen molar-refractivity contribution in [2.24, 2.45) is 5.92 Å². The molecule has 25 heavy (non-hydrogen) atoms. The molecular weight excluding hydrogens is 316 g/mol. The van der Waals surface area contributed by atoms with Crippen LogP contribution in [-0.2, 0) is 9.53 Å². The lowest BCUT2D eigenvalue weighted by Gasteiger charge is -2.34. The zero-order chi connectivity index (χ0) is 17.2. The number of rotatable bonds is 3. The Labute approximate surface area is 149 Å². The van der Waals surface area contributed by atoms with Crippen molar-refractivity contribution in [3.63, 3.8) is 0 Å². The van der Waals surface area contributed by atoms with Crippen LogP contribution in [0, 0.1) is 5.92 Å². The average Bonchev–Trinajstić information content (AvgIpc) is 3.12. The Morgan fingerprint density at radius 3 is 2.80 bits per heavy atom. The minimum absolute atomic E-state index is 0.128. The van der Waals surface area contributed by atoms with Gasteiger partial charge in [0.2, 0.25) is 0 Å². The maximum atomic E-state index is 13.0. The molecule has 0 radical (unpaired) electrons. The molecule has 0 spiro atoms. The summed E-state index contributed by atoms with van der Waals surface area (Å²) in [6.07, 6.45) is 3.09. The molecular formula is C20H26N2O3. The lowest BCUT2D eigenvalue weighted by Crippen LogP contribution is -2.47. The number of likely N-dealkylation sites (tertiary alicyclic amines) is 1. The smallest absolute Gasteiger partial charge is 0.253 e. The summed E-state index contributed by atoms with van der Waals surface area (Å²) in [6.45, 7) is 7.81. The highest BCUT2D eigenvalue weighted by Gasteiger charge is 2.39. The fraction of sp³-hybridized carbons (Fsp3) is 0.550. The van der Waals surface area contributed by atoms with E-state index in [0.717, 1.165) is 62.7 Å². The number of ether oxygens (including phenoxy) is 2. The van der Waals surface area contributed by atoms with Crippen LogP contribution in [0.4, 0.5) is 0 Å². The minimum atomic E-state index is 0.128. The van der Waals surface area contributed by atoms with Crippen LogP contribution < -0.4 is 4.74 Å². The van der Waals surface area contributed by atoms with Gasteiger partial charge in [0.05, 0.1) is 18.8 Å². The van der Waals surface area contributed by atoms with Crippen molar-refractivity contribution in [1.29, 1.82) is 0 Å². The molecule has 0 bridgehead atoms. The first-order valence-corrected chi connectivity index (χ1v) is 9.29. The van der Waals surface area contributed by atoms with Crippen LogP contribution in [0.2, 0.25) is 0 Å². The third kappa shape index (κ3) is 3.31. The number of hydrogen-bond donors (Lipinski definition) is 0. The van der Waals surface area contributed by atoms with E-state index in [9.17, 15) is 4.79 Å². The molecule has 2 saturated heterocycles. The molecule has 5 heteroatoms. The summed E-state index contributed by atoms with van der Waals surface area (Å²) < 4.78 is 11.3. The van der Waals surface area contributed by atoms with Crippen molar-refractivity contribution < 1.29 is 14.3 Å². The van der Waals surface area contributed by atoms with Crippen molar-refractivity contribution in [2.75, 3.05) is 46.0 Å². The fourth-order valence-corrected chi connectivity index (χ4v) is 4.19. The van der Waals surface area contributed by atoms with E-state index in [4.69, 9.17) is 9.47 Å². The van der Waals surface area contributed by atoms with Crippen molar-refractivity contribution in [1.82, 2.24) is 9.80 Å². The van der Waals surface area contributed by atoms with Gasteiger partial charge in [0, 0.05) is 37.8 Å². The molecule has 2 fully saturated rings. The molecule has 1 aromatic carbocycles. The Bertz CT molecular complexity index is 667. The summed E-state index contributed by atoms with van der Waals surface area (Å²) in [7, 11) is 0. The minimum Gasteiger partial charge on any atom is -0.488 e. The molecule has 3 aliphatic rings. The van der Waals surface area contributed by atoms with Gasteiger partial charge in [-0.2, -0.15) is 0 Å². The monoisotopic (exact) mass is 342 g/mol. The highest BCUT2D eigenvalue weighted by Crippen LogP contribution is 2.30. The first-order chi connectivity index (χ1) is 12.3. The van der Waals surface area contributed by atoms with E-state index >= 15 is 0 Å². The van der Waals surface area contributed by atoms with Crippen LogP contribution in [0.3, 0.4) is 0 Å². The first kappa shape index (κ1) is 16.6. The molecule has 2 atom stereocenters. The van der Waals surface area contributed by atoms with Crippen LogP contribution in [0.5, 0.6) is 5.75 Å². The van der Waals surface area contributed by atoms with Gasteiger partial charge < -0.3 is 14.4 Å². The number of benzene rings is 1. The van der Waals surface area contributed by atoms with Crippen molar-refractivity contribution in [2.45, 2.75) is 19.4 Å². The topological polar surface area (TPSA) is 42.0 Å². The van der Waals surface area contributed by atoms with E-state index < -0.39 is 0 Å². The van der Waals surface area contributed by atoms with E-state index in [1.165, 1.54) is 0 Å². The molecule has 0 aromatic heterocycles. The standard InChI is InChI=1S/C20H26N2O3/c1-2-15-12-22(13-18(15)21-7-9-24-10-8-21)20(23)17-11-16-5-3-4-6-19(16)25-14-17/h3-6,11,15,18H,2,7-10,12-14H2,1H3/t15-,18+/m0/s1. The van der Waals surface area contributed by atoms with Crippen LogP contribution in [0.25, 0.3) is 6.08 Å². The molecule has 1 amide bonds. The Morgan fingerprint density at radius 1 is 1.20 bits per heavy atom. The zero-order valence-corrected chi connectivity index (χ0v) is 14.8. The normalized spacial score (nSPS) is 26.8. The molecule has 0 unspecified atom stereocenters. The quantitative estimate of drug-likeness (QED) is 0.843. The van der Waals surface area contributed by atoms with E-state index in [1.807, 2.05) is 35.2 Å². The number of carbonyl (C=O) groups is 1. The molecule has 0 N–H and O–H groups in total. The SMILES string of the molecule is CC[C@H]1CN(C(=O)C2=Cc3ccccc3OC2)C[C@H]1N1CCOCC1. The molecule has 3 aliphatic heterocycles. The summed E-state index contributed by atoms with van der Waals surface area (Å²) in [6, 6.07) is 8.33. The van der Waals surface area contributed by atoms with Crippen molar-refractivity contribution >= 4 is 12.0 Å². The van der Waals surface area contributed by atoms with Crippen molar-refractivity contribution in [3.8, 4) is 5.75 Å². The Balaban J connectivity index is 1.48. The summed E-state index contributed by atoms with van der Waals surface area (Å²) in [5.74, 6) is 1.53. The number of nitrogens with zero attached hydrogens (tertiary/aromatic N) is 2. The van der Waals surface area contributed by atoms with Gasteiger partial charge in [-0.25, -0.2) is 0 Å². The number of amides is 1. The van der Waals surface area contributed by atoms with Gasteiger partial charge in [0.15, 0.2) is 0 Å². The lowest BCUT2D eigenvalue weighted by molar-refractivity contribution is -0.126. The molecule has 3 heterocycles. The Hall–Kier alpha value is -1.85. The Morgan fingerprint density at radius 2 is 2.00 bits per heavy atom. The highest BCUT2D eigenvalue weighted by molar-refractivity contribution is 5.99. The number of morpholine rings is 1. The summed E-state index contributed by atoms with van der Waals surface area (Å²) in [4.78, 5) is 17.6. The van der Waals surface area contributed by atoms with Gasteiger partial charge in [-0.3, -0.25) is 9.69 Å². The highest BCUT2D eigenvalue weighted by atomic mass is 16.5. The van der Waals surface area contributed by atoms with Gasteiger partial charge in [0.25, 0.3) is 5.91 Å². The van der Waals surface area contributed by atoms with Crippen LogP contribution in [0.15, 0.2) is 29.8 Å². The number of hydrogen-bond acceptors (Lipinski definition) is 4. The van der Waals surface area contributed by atoms with Crippen LogP contribution >= 0.6 is 0 Å². The molecule has 0 aliphatic carbocycles. The summed E-state index contributed by atoms with van der Waals surface area (Å²) in [5, 5.41) is 0. The molecule has 1 aromatic rings. The van der Waals surface area contributed by atoms with E-state index in [0.29, 0.717) is 18.6 Å². The fourth-order valence-electron chi connectivity index (χ4n) is 4.19. The van der Waals surface area contributed by atoms with Crippen molar-refractivity contribution in [3.05, 3.63) is 35.4 Å². The maximum absolute atomic E-state index is 13.0. The lowest BCUT2D eigenvalue weighted by atomic mass is 9.99. The third-order valence-electron chi connectivity index (χ3n) is 5.64. The number of fused-ring (bicyclic) bond motifs is 1. The molecule has 0 saturated carbocycles. The van der Waals surface area contributed by atoms with Gasteiger partial charge in [-0.15, -0.1) is 0 Å². The van der Waals surface area contributed by atoms with Crippen LogP contribution in [-0.4, -0.2) is 67.7 Å². The molecule has 5 nitrogen and oxygen atoms in total. The second kappa shape index (κ2) is 7.18. The maximum Gasteiger partial charge on any atom is 0.253 e. The van der Waals surface area contributed by atoms with Crippen LogP contribution in [0.1, 0.15) is 18.9 Å². The predicted molar refractivity (Wildman–Crippen MR) is 96.5 cm³/mol. The number of para-hydroxylation sites is 1. The first-order valence-electron chi connectivity index (χ1n) is 9.29. The van der Waals surface area contributed by atoms with Gasteiger partial charge in [-0.1, -0.05) is 31.5 Å². The molecule has 4 rings (SSSR count). The van der Waals surface area contributed by atoms with Gasteiger partial charge in [0.1, 0.15) is 12.4 Å². The predicted octanol–water partition coefficient (Wildman–Crippen LogP) is 2.03. The van der Waals surface area contributed by atoms with Gasteiger partial charge in [-0.05, 0) is 18.1 Å². The third-order valence-corrected chi connectivity index (χ3v) is 5.64. The second-order valence-corrected chi connectivity index (χ2v) is 7.09.